The van der Waals surface area contributed by atoms with E-state index in [0.29, 0.717) is 12.1 Å². The number of piperazine rings is 1. The summed E-state index contributed by atoms with van der Waals surface area (Å²) in [6.45, 7) is 3.86. The first kappa shape index (κ1) is 14.7. The molecule has 2 aromatic rings. The molecule has 112 valence electrons. The molecule has 2 aromatic heterocycles. The highest BCUT2D eigenvalue weighted by Gasteiger charge is 2.20. The second-order valence-corrected chi connectivity index (χ2v) is 6.13. The molecule has 0 aliphatic carbocycles. The Hall–Kier alpha value is -2.23. The number of aromatic nitrogens is 1. The standard InChI is InChI=1S/C16H16N4OS/c17-10-13-3-4-16(18-11-13)20-7-5-19(6-8-20)12-14(21)15-2-1-9-22-15/h1-4,9,11H,5-8,12H2. The number of nitriles is 1. The van der Waals surface area contributed by atoms with Crippen LogP contribution in [-0.4, -0.2) is 48.4 Å². The van der Waals surface area contributed by atoms with Gasteiger partial charge in [-0.15, -0.1) is 11.3 Å². The fourth-order valence-corrected chi connectivity index (χ4v) is 3.15. The molecule has 3 rings (SSSR count). The fourth-order valence-electron chi connectivity index (χ4n) is 2.49. The number of Topliss-reactive ketones (excluding diaryl/α,β-unsaturated/α-hetero) is 1. The molecule has 0 amide bonds. The van der Waals surface area contributed by atoms with Gasteiger partial charge in [0, 0.05) is 32.4 Å². The molecule has 5 nitrogen and oxygen atoms in total. The summed E-state index contributed by atoms with van der Waals surface area (Å²) in [6, 6.07) is 9.53. The van der Waals surface area contributed by atoms with E-state index in [1.54, 1.807) is 12.3 Å². The van der Waals surface area contributed by atoms with E-state index in [4.69, 9.17) is 5.26 Å². The zero-order valence-corrected chi connectivity index (χ0v) is 12.9. The Labute approximate surface area is 133 Å². The molecule has 1 saturated heterocycles. The second-order valence-electron chi connectivity index (χ2n) is 5.18. The van der Waals surface area contributed by atoms with Crippen molar-refractivity contribution >= 4 is 22.9 Å². The minimum Gasteiger partial charge on any atom is -0.354 e. The average Bonchev–Trinajstić information content (AvgIpc) is 3.10. The number of nitrogens with zero attached hydrogens (tertiary/aromatic N) is 4. The lowest BCUT2D eigenvalue weighted by molar-refractivity contribution is 0.0930. The van der Waals surface area contributed by atoms with Crippen LogP contribution in [0.15, 0.2) is 35.8 Å². The summed E-state index contributed by atoms with van der Waals surface area (Å²) in [7, 11) is 0. The van der Waals surface area contributed by atoms with E-state index in [0.717, 1.165) is 36.9 Å². The Balaban J connectivity index is 1.54. The van der Waals surface area contributed by atoms with Gasteiger partial charge in [0.15, 0.2) is 5.78 Å². The Bertz CT molecular complexity index is 667. The lowest BCUT2D eigenvalue weighted by atomic mass is 10.2. The number of carbonyl (C=O) groups is 1. The van der Waals surface area contributed by atoms with Crippen molar-refractivity contribution in [3.8, 4) is 6.07 Å². The zero-order valence-electron chi connectivity index (χ0n) is 12.1. The van der Waals surface area contributed by atoms with E-state index in [1.165, 1.54) is 11.3 Å². The smallest absolute Gasteiger partial charge is 0.186 e. The Morgan fingerprint density at radius 1 is 1.27 bits per heavy atom. The highest BCUT2D eigenvalue weighted by atomic mass is 32.1. The van der Waals surface area contributed by atoms with Gasteiger partial charge in [0.25, 0.3) is 0 Å². The molecule has 3 heterocycles. The number of hydrogen-bond donors (Lipinski definition) is 0. The van der Waals surface area contributed by atoms with Gasteiger partial charge in [-0.25, -0.2) is 4.98 Å². The van der Waals surface area contributed by atoms with Gasteiger partial charge in [-0.3, -0.25) is 9.69 Å². The van der Waals surface area contributed by atoms with Crippen LogP contribution in [-0.2, 0) is 0 Å². The molecule has 0 unspecified atom stereocenters. The second kappa shape index (κ2) is 6.69. The Kier molecular flexibility index (Phi) is 4.47. The van der Waals surface area contributed by atoms with Crippen molar-refractivity contribution in [1.29, 1.82) is 5.26 Å². The van der Waals surface area contributed by atoms with Gasteiger partial charge in [-0.1, -0.05) is 6.07 Å². The molecule has 0 radical (unpaired) electrons. The van der Waals surface area contributed by atoms with Crippen molar-refractivity contribution in [2.24, 2.45) is 0 Å². The molecule has 0 aromatic carbocycles. The van der Waals surface area contributed by atoms with Crippen LogP contribution in [0.5, 0.6) is 0 Å². The Morgan fingerprint density at radius 3 is 2.68 bits per heavy atom. The largest absolute Gasteiger partial charge is 0.354 e. The molecule has 0 spiro atoms. The van der Waals surface area contributed by atoms with Gasteiger partial charge >= 0.3 is 0 Å². The lowest BCUT2D eigenvalue weighted by Crippen LogP contribution is -2.48. The molecule has 1 fully saturated rings. The quantitative estimate of drug-likeness (QED) is 0.808. The number of pyridine rings is 1. The van der Waals surface area contributed by atoms with Crippen LogP contribution in [0, 0.1) is 11.3 Å². The van der Waals surface area contributed by atoms with E-state index in [2.05, 4.69) is 20.9 Å². The summed E-state index contributed by atoms with van der Waals surface area (Å²) in [4.78, 5) is 21.6. The summed E-state index contributed by atoms with van der Waals surface area (Å²) >= 11 is 1.50. The number of ketones is 1. The van der Waals surface area contributed by atoms with Crippen molar-refractivity contribution in [3.63, 3.8) is 0 Å². The molecule has 1 aliphatic rings. The van der Waals surface area contributed by atoms with Crippen molar-refractivity contribution < 1.29 is 4.79 Å². The topological polar surface area (TPSA) is 60.2 Å². The van der Waals surface area contributed by atoms with E-state index in [-0.39, 0.29) is 5.78 Å². The number of thiophene rings is 1. The van der Waals surface area contributed by atoms with Crippen molar-refractivity contribution in [2.45, 2.75) is 0 Å². The van der Waals surface area contributed by atoms with Gasteiger partial charge in [0.05, 0.1) is 17.0 Å². The molecule has 6 heteroatoms. The summed E-state index contributed by atoms with van der Waals surface area (Å²) in [5.41, 5.74) is 0.573. The van der Waals surface area contributed by atoms with E-state index >= 15 is 0 Å². The van der Waals surface area contributed by atoms with E-state index in [1.807, 2.05) is 23.6 Å². The molecule has 0 N–H and O–H groups in total. The predicted octanol–water partition coefficient (Wildman–Crippen LogP) is 2.02. The third-order valence-electron chi connectivity index (χ3n) is 3.74. The summed E-state index contributed by atoms with van der Waals surface area (Å²) in [6.07, 6.45) is 1.60. The minimum absolute atomic E-state index is 0.194. The molecule has 1 aliphatic heterocycles. The van der Waals surface area contributed by atoms with Crippen LogP contribution < -0.4 is 4.90 Å². The van der Waals surface area contributed by atoms with E-state index < -0.39 is 0 Å². The maximum atomic E-state index is 12.1. The highest BCUT2D eigenvalue weighted by Crippen LogP contribution is 2.15. The molecular formula is C16H16N4OS. The number of carbonyl (C=O) groups excluding carboxylic acids is 1. The first-order chi connectivity index (χ1) is 10.8. The van der Waals surface area contributed by atoms with Gasteiger partial charge in [-0.05, 0) is 23.6 Å². The highest BCUT2D eigenvalue weighted by molar-refractivity contribution is 7.12. The fraction of sp³-hybridized carbons (Fsp3) is 0.312. The molecule has 0 bridgehead atoms. The maximum absolute atomic E-state index is 12.1. The van der Waals surface area contributed by atoms with Gasteiger partial charge in [0.1, 0.15) is 11.9 Å². The monoisotopic (exact) mass is 312 g/mol. The van der Waals surface area contributed by atoms with Crippen molar-refractivity contribution in [3.05, 3.63) is 46.3 Å². The predicted molar refractivity (Wildman–Crippen MR) is 86.3 cm³/mol. The molecular weight excluding hydrogens is 296 g/mol. The third-order valence-corrected chi connectivity index (χ3v) is 4.65. The van der Waals surface area contributed by atoms with Crippen LogP contribution in [0.25, 0.3) is 0 Å². The van der Waals surface area contributed by atoms with Gasteiger partial charge in [-0.2, -0.15) is 5.26 Å². The van der Waals surface area contributed by atoms with Crippen LogP contribution in [0.1, 0.15) is 15.2 Å². The minimum atomic E-state index is 0.194. The van der Waals surface area contributed by atoms with Crippen LogP contribution in [0.2, 0.25) is 0 Å². The average molecular weight is 312 g/mol. The first-order valence-electron chi connectivity index (χ1n) is 7.16. The van der Waals surface area contributed by atoms with Gasteiger partial charge in [0.2, 0.25) is 0 Å². The number of rotatable bonds is 4. The summed E-state index contributed by atoms with van der Waals surface area (Å²) in [5, 5.41) is 10.7. The van der Waals surface area contributed by atoms with Crippen molar-refractivity contribution in [1.82, 2.24) is 9.88 Å². The number of anilines is 1. The Morgan fingerprint density at radius 2 is 2.09 bits per heavy atom. The normalized spacial score (nSPS) is 15.5. The molecule has 0 saturated carbocycles. The maximum Gasteiger partial charge on any atom is 0.186 e. The zero-order chi connectivity index (χ0) is 15.4. The van der Waals surface area contributed by atoms with Crippen LogP contribution >= 0.6 is 11.3 Å². The van der Waals surface area contributed by atoms with Crippen LogP contribution in [0.3, 0.4) is 0 Å². The summed E-state index contributed by atoms with van der Waals surface area (Å²) in [5.74, 6) is 1.09. The van der Waals surface area contributed by atoms with Gasteiger partial charge < -0.3 is 4.90 Å². The lowest BCUT2D eigenvalue weighted by Gasteiger charge is -2.34. The van der Waals surface area contributed by atoms with Crippen molar-refractivity contribution in [2.75, 3.05) is 37.6 Å². The SMILES string of the molecule is N#Cc1ccc(N2CCN(CC(=O)c3cccs3)CC2)nc1. The van der Waals surface area contributed by atoms with Crippen LogP contribution in [0.4, 0.5) is 5.82 Å². The molecule has 22 heavy (non-hydrogen) atoms. The molecule has 0 atom stereocenters. The third kappa shape index (κ3) is 3.32. The number of hydrogen-bond acceptors (Lipinski definition) is 6. The van der Waals surface area contributed by atoms with E-state index in [9.17, 15) is 4.79 Å². The summed E-state index contributed by atoms with van der Waals surface area (Å²) < 4.78 is 0. The first-order valence-corrected chi connectivity index (χ1v) is 8.04.